The van der Waals surface area contributed by atoms with Crippen LogP contribution in [0.25, 0.3) is 0 Å². The van der Waals surface area contributed by atoms with Crippen molar-refractivity contribution in [1.82, 2.24) is 10.6 Å². The summed E-state index contributed by atoms with van der Waals surface area (Å²) in [6.45, 7) is 1.40. The molecular formula is C18H19Cl2FN2O. The van der Waals surface area contributed by atoms with Gasteiger partial charge in [-0.1, -0.05) is 47.5 Å². The molecule has 0 aromatic heterocycles. The van der Waals surface area contributed by atoms with E-state index in [1.165, 1.54) is 6.07 Å². The summed E-state index contributed by atoms with van der Waals surface area (Å²) < 4.78 is 13.4. The summed E-state index contributed by atoms with van der Waals surface area (Å²) in [7, 11) is 0. The Bertz CT molecular complexity index is 694. The van der Waals surface area contributed by atoms with E-state index in [1.807, 2.05) is 6.07 Å². The third kappa shape index (κ3) is 6.11. The molecule has 24 heavy (non-hydrogen) atoms. The Hall–Kier alpha value is -1.62. The maximum Gasteiger partial charge on any atom is 0.221 e. The Labute approximate surface area is 151 Å². The highest BCUT2D eigenvalue weighted by atomic mass is 35.5. The van der Waals surface area contributed by atoms with Gasteiger partial charge in [0.05, 0.1) is 0 Å². The molecule has 0 heterocycles. The number of rotatable bonds is 8. The van der Waals surface area contributed by atoms with Crippen molar-refractivity contribution in [3.8, 4) is 0 Å². The van der Waals surface area contributed by atoms with Crippen molar-refractivity contribution in [2.45, 2.75) is 19.4 Å². The number of nitrogens with one attached hydrogen (secondary N) is 2. The molecule has 128 valence electrons. The van der Waals surface area contributed by atoms with Gasteiger partial charge in [0, 0.05) is 41.7 Å². The number of hydrogen-bond acceptors (Lipinski definition) is 2. The third-order valence-electron chi connectivity index (χ3n) is 3.53. The van der Waals surface area contributed by atoms with Gasteiger partial charge in [-0.25, -0.2) is 4.39 Å². The van der Waals surface area contributed by atoms with Crippen LogP contribution in [0.5, 0.6) is 0 Å². The summed E-state index contributed by atoms with van der Waals surface area (Å²) in [5.41, 5.74) is 1.54. The van der Waals surface area contributed by atoms with Crippen molar-refractivity contribution in [3.05, 3.63) is 69.5 Å². The Balaban J connectivity index is 1.62. The molecule has 2 aromatic rings. The van der Waals surface area contributed by atoms with Crippen molar-refractivity contribution in [2.24, 2.45) is 0 Å². The van der Waals surface area contributed by atoms with Crippen molar-refractivity contribution in [2.75, 3.05) is 13.1 Å². The molecule has 2 N–H and O–H groups in total. The first kappa shape index (κ1) is 18.7. The van der Waals surface area contributed by atoms with Crippen LogP contribution < -0.4 is 10.6 Å². The van der Waals surface area contributed by atoms with E-state index in [9.17, 15) is 9.18 Å². The van der Waals surface area contributed by atoms with Gasteiger partial charge in [-0.3, -0.25) is 4.79 Å². The average molecular weight is 369 g/mol. The maximum atomic E-state index is 13.4. The van der Waals surface area contributed by atoms with E-state index >= 15 is 0 Å². The zero-order valence-corrected chi connectivity index (χ0v) is 14.6. The van der Waals surface area contributed by atoms with E-state index in [1.54, 1.807) is 30.3 Å². The molecule has 2 rings (SSSR count). The van der Waals surface area contributed by atoms with Crippen molar-refractivity contribution >= 4 is 29.1 Å². The number of hydrogen-bond donors (Lipinski definition) is 2. The topological polar surface area (TPSA) is 41.1 Å². The van der Waals surface area contributed by atoms with E-state index in [0.717, 1.165) is 5.56 Å². The zero-order valence-electron chi connectivity index (χ0n) is 13.1. The summed E-state index contributed by atoms with van der Waals surface area (Å²) in [6, 6.07) is 11.9. The van der Waals surface area contributed by atoms with Crippen LogP contribution in [0.1, 0.15) is 17.5 Å². The highest BCUT2D eigenvalue weighted by molar-refractivity contribution is 6.35. The minimum Gasteiger partial charge on any atom is -0.356 e. The van der Waals surface area contributed by atoms with Crippen molar-refractivity contribution in [1.29, 1.82) is 0 Å². The molecule has 1 amide bonds. The molecule has 3 nitrogen and oxygen atoms in total. The minimum atomic E-state index is -0.241. The normalized spacial score (nSPS) is 10.6. The summed E-state index contributed by atoms with van der Waals surface area (Å²) >= 11 is 11.9. The predicted molar refractivity (Wildman–Crippen MR) is 95.9 cm³/mol. The molecule has 0 aliphatic rings. The maximum absolute atomic E-state index is 13.4. The molecule has 0 aliphatic heterocycles. The number of carbonyl (C=O) groups excluding carboxylic acids is 1. The fourth-order valence-electron chi connectivity index (χ4n) is 2.22. The summed E-state index contributed by atoms with van der Waals surface area (Å²) in [4.78, 5) is 11.8. The molecule has 0 spiro atoms. The number of halogens is 3. The second kappa shape index (κ2) is 9.62. The number of benzene rings is 2. The van der Waals surface area contributed by atoms with Crippen molar-refractivity contribution < 1.29 is 9.18 Å². The molecule has 0 fully saturated rings. The molecule has 0 aliphatic carbocycles. The highest BCUT2D eigenvalue weighted by Gasteiger charge is 2.05. The van der Waals surface area contributed by atoms with Gasteiger partial charge in [0.25, 0.3) is 0 Å². The second-order valence-corrected chi connectivity index (χ2v) is 6.20. The Kier molecular flexibility index (Phi) is 7.50. The molecule has 0 unspecified atom stereocenters. The van der Waals surface area contributed by atoms with Crippen LogP contribution in [0.3, 0.4) is 0 Å². The van der Waals surface area contributed by atoms with Gasteiger partial charge in [-0.05, 0) is 30.2 Å². The van der Waals surface area contributed by atoms with E-state index in [0.29, 0.717) is 48.1 Å². The lowest BCUT2D eigenvalue weighted by molar-refractivity contribution is -0.120. The summed E-state index contributed by atoms with van der Waals surface area (Å²) in [6.07, 6.45) is 0.979. The fraction of sp³-hybridized carbons (Fsp3) is 0.278. The van der Waals surface area contributed by atoms with Crippen LogP contribution in [-0.4, -0.2) is 19.0 Å². The Morgan fingerprint density at radius 3 is 2.58 bits per heavy atom. The minimum absolute atomic E-state index is 0.0545. The third-order valence-corrected chi connectivity index (χ3v) is 4.12. The molecule has 0 atom stereocenters. The van der Waals surface area contributed by atoms with Crippen LogP contribution in [0.15, 0.2) is 42.5 Å². The molecule has 0 bridgehead atoms. The first-order chi connectivity index (χ1) is 11.6. The van der Waals surface area contributed by atoms with Gasteiger partial charge in [-0.2, -0.15) is 0 Å². The van der Waals surface area contributed by atoms with Gasteiger partial charge in [0.15, 0.2) is 0 Å². The largest absolute Gasteiger partial charge is 0.356 e. The zero-order chi connectivity index (χ0) is 17.4. The molecule has 2 aromatic carbocycles. The Morgan fingerprint density at radius 2 is 1.83 bits per heavy atom. The lowest BCUT2D eigenvalue weighted by atomic mass is 10.1. The monoisotopic (exact) mass is 368 g/mol. The average Bonchev–Trinajstić information content (AvgIpc) is 2.55. The smallest absolute Gasteiger partial charge is 0.221 e. The van der Waals surface area contributed by atoms with Gasteiger partial charge < -0.3 is 10.6 Å². The standard InChI is InChI=1S/C18H19Cl2FN2O/c19-15-6-5-13(16(20)11-15)7-10-23-18(24)8-9-22-12-14-3-1-2-4-17(14)21/h1-6,11,22H,7-10,12H2,(H,23,24). The first-order valence-corrected chi connectivity index (χ1v) is 8.46. The highest BCUT2D eigenvalue weighted by Crippen LogP contribution is 2.21. The van der Waals surface area contributed by atoms with Crippen LogP contribution in [0.2, 0.25) is 10.0 Å². The SMILES string of the molecule is O=C(CCNCc1ccccc1F)NCCc1ccc(Cl)cc1Cl. The first-order valence-electron chi connectivity index (χ1n) is 7.71. The van der Waals surface area contributed by atoms with E-state index in [-0.39, 0.29) is 11.7 Å². The predicted octanol–water partition coefficient (Wildman–Crippen LogP) is 3.97. The molecule has 6 heteroatoms. The van der Waals surface area contributed by atoms with Gasteiger partial charge in [0.1, 0.15) is 5.82 Å². The van der Waals surface area contributed by atoms with Crippen molar-refractivity contribution in [3.63, 3.8) is 0 Å². The summed E-state index contributed by atoms with van der Waals surface area (Å²) in [5.74, 6) is -0.296. The van der Waals surface area contributed by atoms with Gasteiger partial charge >= 0.3 is 0 Å². The lowest BCUT2D eigenvalue weighted by Gasteiger charge is -2.08. The summed E-state index contributed by atoms with van der Waals surface area (Å²) in [5, 5.41) is 7.09. The van der Waals surface area contributed by atoms with Gasteiger partial charge in [0.2, 0.25) is 5.91 Å². The molecule has 0 radical (unpaired) electrons. The number of amides is 1. The molecule has 0 saturated carbocycles. The van der Waals surface area contributed by atoms with E-state index < -0.39 is 0 Å². The second-order valence-electron chi connectivity index (χ2n) is 5.35. The number of carbonyl (C=O) groups is 1. The van der Waals surface area contributed by atoms with Crippen LogP contribution in [0.4, 0.5) is 4.39 Å². The quantitative estimate of drug-likeness (QED) is 0.692. The van der Waals surface area contributed by atoms with E-state index in [4.69, 9.17) is 23.2 Å². The van der Waals surface area contributed by atoms with Gasteiger partial charge in [-0.15, -0.1) is 0 Å². The molecular weight excluding hydrogens is 350 g/mol. The van der Waals surface area contributed by atoms with E-state index in [2.05, 4.69) is 10.6 Å². The fourth-order valence-corrected chi connectivity index (χ4v) is 2.72. The Morgan fingerprint density at radius 1 is 1.04 bits per heavy atom. The lowest BCUT2D eigenvalue weighted by Crippen LogP contribution is -2.29. The van der Waals surface area contributed by atoms with Crippen LogP contribution in [-0.2, 0) is 17.8 Å². The van der Waals surface area contributed by atoms with Crippen LogP contribution >= 0.6 is 23.2 Å². The van der Waals surface area contributed by atoms with Crippen LogP contribution in [0, 0.1) is 5.82 Å². The molecule has 0 saturated heterocycles.